The van der Waals surface area contributed by atoms with Crippen LogP contribution < -0.4 is 0 Å². The summed E-state index contributed by atoms with van der Waals surface area (Å²) < 4.78 is 14.1. The van der Waals surface area contributed by atoms with Crippen molar-refractivity contribution < 1.29 is 9.50 Å². The fraction of sp³-hybridized carbons (Fsp3) is 0.529. The molecule has 0 bridgehead atoms. The van der Waals surface area contributed by atoms with Crippen molar-refractivity contribution in [3.8, 4) is 11.8 Å². The van der Waals surface area contributed by atoms with Crippen LogP contribution in [0.2, 0.25) is 0 Å². The fourth-order valence-corrected chi connectivity index (χ4v) is 2.62. The zero-order valence-corrected chi connectivity index (χ0v) is 12.0. The molecule has 1 atom stereocenters. The first-order valence-electron chi connectivity index (χ1n) is 7.29. The van der Waals surface area contributed by atoms with Gasteiger partial charge in [0.25, 0.3) is 0 Å². The first kappa shape index (κ1) is 15.0. The molecule has 1 heterocycles. The van der Waals surface area contributed by atoms with Gasteiger partial charge in [0.05, 0.1) is 0 Å². The van der Waals surface area contributed by atoms with Crippen molar-refractivity contribution in [2.24, 2.45) is 5.92 Å². The lowest BCUT2D eigenvalue weighted by molar-refractivity contribution is 0.270. The molecular formula is C17H22FNO. The van der Waals surface area contributed by atoms with E-state index in [1.165, 1.54) is 25.3 Å². The minimum atomic E-state index is -0.202. The van der Waals surface area contributed by atoms with Crippen LogP contribution in [0.5, 0.6) is 0 Å². The molecule has 0 spiro atoms. The summed E-state index contributed by atoms with van der Waals surface area (Å²) in [6.45, 7) is 4.86. The summed E-state index contributed by atoms with van der Waals surface area (Å²) in [7, 11) is 0. The maximum absolute atomic E-state index is 14.1. The summed E-state index contributed by atoms with van der Waals surface area (Å²) >= 11 is 0. The van der Waals surface area contributed by atoms with Crippen molar-refractivity contribution >= 4 is 0 Å². The van der Waals surface area contributed by atoms with Crippen molar-refractivity contribution in [3.63, 3.8) is 0 Å². The van der Waals surface area contributed by atoms with Gasteiger partial charge in [-0.25, -0.2) is 4.39 Å². The quantitative estimate of drug-likeness (QED) is 0.839. The van der Waals surface area contributed by atoms with Crippen LogP contribution in [0.15, 0.2) is 18.2 Å². The van der Waals surface area contributed by atoms with E-state index >= 15 is 0 Å². The van der Waals surface area contributed by atoms with Gasteiger partial charge in [-0.15, -0.1) is 0 Å². The Morgan fingerprint density at radius 2 is 2.20 bits per heavy atom. The molecule has 108 valence electrons. The number of hydrogen-bond acceptors (Lipinski definition) is 2. The molecule has 2 rings (SSSR count). The van der Waals surface area contributed by atoms with E-state index in [1.54, 1.807) is 0 Å². The van der Waals surface area contributed by atoms with Gasteiger partial charge in [0.2, 0.25) is 0 Å². The zero-order valence-electron chi connectivity index (χ0n) is 12.0. The maximum Gasteiger partial charge on any atom is 0.128 e. The maximum atomic E-state index is 14.1. The molecule has 0 aliphatic carbocycles. The lowest BCUT2D eigenvalue weighted by Crippen LogP contribution is -2.24. The highest BCUT2D eigenvalue weighted by molar-refractivity contribution is 5.37. The van der Waals surface area contributed by atoms with Crippen LogP contribution in [-0.2, 0) is 6.54 Å². The van der Waals surface area contributed by atoms with Crippen molar-refractivity contribution in [3.05, 3.63) is 35.1 Å². The Morgan fingerprint density at radius 1 is 1.35 bits per heavy atom. The van der Waals surface area contributed by atoms with Crippen LogP contribution in [0.1, 0.15) is 37.3 Å². The summed E-state index contributed by atoms with van der Waals surface area (Å²) in [6, 6.07) is 5.09. The molecule has 3 heteroatoms. The van der Waals surface area contributed by atoms with Gasteiger partial charge in [0.1, 0.15) is 12.4 Å². The number of benzene rings is 1. The summed E-state index contributed by atoms with van der Waals surface area (Å²) in [4.78, 5) is 2.33. The largest absolute Gasteiger partial charge is 0.384 e. The van der Waals surface area contributed by atoms with E-state index in [1.807, 2.05) is 12.1 Å². The summed E-state index contributed by atoms with van der Waals surface area (Å²) in [5.41, 5.74) is 1.35. The molecule has 1 saturated heterocycles. The normalized spacial score (nSPS) is 20.1. The highest BCUT2D eigenvalue weighted by Crippen LogP contribution is 2.19. The van der Waals surface area contributed by atoms with Crippen molar-refractivity contribution in [2.45, 2.75) is 32.7 Å². The molecule has 0 aromatic heterocycles. The fourth-order valence-electron chi connectivity index (χ4n) is 2.62. The molecule has 1 N–H and O–H groups in total. The molecule has 1 unspecified atom stereocenters. The van der Waals surface area contributed by atoms with Gasteiger partial charge < -0.3 is 5.11 Å². The van der Waals surface area contributed by atoms with Gasteiger partial charge >= 0.3 is 0 Å². The van der Waals surface area contributed by atoms with Gasteiger partial charge in [0, 0.05) is 17.7 Å². The van der Waals surface area contributed by atoms with Crippen LogP contribution in [-0.4, -0.2) is 29.7 Å². The average molecular weight is 275 g/mol. The standard InChI is InChI=1S/C17H22FNO/c1-14-4-2-9-19(10-8-14)13-16-7-6-15(5-3-11-20)12-17(16)18/h6-7,12,14,20H,2,4,8-11,13H2,1H3. The molecule has 0 amide bonds. The van der Waals surface area contributed by atoms with Crippen LogP contribution >= 0.6 is 0 Å². The monoisotopic (exact) mass is 275 g/mol. The Bertz CT molecular complexity index is 503. The molecule has 1 fully saturated rings. The minimum absolute atomic E-state index is 0.199. The summed E-state index contributed by atoms with van der Waals surface area (Å²) in [5, 5.41) is 8.64. The summed E-state index contributed by atoms with van der Waals surface area (Å²) in [6.07, 6.45) is 3.67. The van der Waals surface area contributed by atoms with E-state index in [2.05, 4.69) is 23.7 Å². The third-order valence-corrected chi connectivity index (χ3v) is 3.87. The first-order valence-corrected chi connectivity index (χ1v) is 7.29. The lowest BCUT2D eigenvalue weighted by Gasteiger charge is -2.20. The average Bonchev–Trinajstić information content (AvgIpc) is 2.64. The minimum Gasteiger partial charge on any atom is -0.384 e. The first-order chi connectivity index (χ1) is 9.69. The number of likely N-dealkylation sites (tertiary alicyclic amines) is 1. The number of halogens is 1. The number of aliphatic hydroxyl groups excluding tert-OH is 1. The highest BCUT2D eigenvalue weighted by atomic mass is 19.1. The van der Waals surface area contributed by atoms with E-state index in [4.69, 9.17) is 5.11 Å². The molecule has 1 aliphatic rings. The van der Waals surface area contributed by atoms with Crippen molar-refractivity contribution in [1.82, 2.24) is 4.90 Å². The lowest BCUT2D eigenvalue weighted by atomic mass is 10.0. The topological polar surface area (TPSA) is 23.5 Å². The number of rotatable bonds is 2. The third kappa shape index (κ3) is 4.33. The summed E-state index contributed by atoms with van der Waals surface area (Å²) in [5.74, 6) is 5.84. The Labute approximate surface area is 120 Å². The number of nitrogens with zero attached hydrogens (tertiary/aromatic N) is 1. The van der Waals surface area contributed by atoms with E-state index < -0.39 is 0 Å². The second kappa shape index (κ2) is 7.42. The second-order valence-electron chi connectivity index (χ2n) is 5.58. The Morgan fingerprint density at radius 3 is 2.95 bits per heavy atom. The Kier molecular flexibility index (Phi) is 5.58. The van der Waals surface area contributed by atoms with Crippen LogP contribution in [0.25, 0.3) is 0 Å². The molecule has 2 nitrogen and oxygen atoms in total. The molecule has 0 radical (unpaired) electrons. The van der Waals surface area contributed by atoms with Crippen molar-refractivity contribution in [1.29, 1.82) is 0 Å². The molecular weight excluding hydrogens is 253 g/mol. The van der Waals surface area contributed by atoms with Crippen molar-refractivity contribution in [2.75, 3.05) is 19.7 Å². The van der Waals surface area contributed by atoms with Gasteiger partial charge in [-0.2, -0.15) is 0 Å². The number of hydrogen-bond donors (Lipinski definition) is 1. The van der Waals surface area contributed by atoms with Crippen LogP contribution in [0.4, 0.5) is 4.39 Å². The van der Waals surface area contributed by atoms with Gasteiger partial charge in [-0.1, -0.05) is 24.8 Å². The van der Waals surface area contributed by atoms with Crippen LogP contribution in [0.3, 0.4) is 0 Å². The highest BCUT2D eigenvalue weighted by Gasteiger charge is 2.15. The predicted octanol–water partition coefficient (Wildman–Crippen LogP) is 2.79. The molecule has 1 aromatic rings. The van der Waals surface area contributed by atoms with E-state index in [0.29, 0.717) is 12.1 Å². The van der Waals surface area contributed by atoms with Gasteiger partial charge in [-0.05, 0) is 50.4 Å². The van der Waals surface area contributed by atoms with E-state index in [-0.39, 0.29) is 12.4 Å². The van der Waals surface area contributed by atoms with E-state index in [0.717, 1.165) is 24.6 Å². The Hall–Kier alpha value is -1.37. The smallest absolute Gasteiger partial charge is 0.128 e. The van der Waals surface area contributed by atoms with Gasteiger partial charge in [-0.3, -0.25) is 4.90 Å². The van der Waals surface area contributed by atoms with Gasteiger partial charge in [0.15, 0.2) is 0 Å². The molecule has 1 aromatic carbocycles. The zero-order chi connectivity index (χ0) is 14.4. The third-order valence-electron chi connectivity index (χ3n) is 3.87. The van der Waals surface area contributed by atoms with E-state index in [9.17, 15) is 4.39 Å². The molecule has 1 aliphatic heterocycles. The second-order valence-corrected chi connectivity index (χ2v) is 5.58. The molecule has 20 heavy (non-hydrogen) atoms. The SMILES string of the molecule is CC1CCCN(Cc2ccc(C#CCO)cc2F)CC1. The van der Waals surface area contributed by atoms with Crippen LogP contribution in [0, 0.1) is 23.6 Å². The number of aliphatic hydroxyl groups is 1. The molecule has 0 saturated carbocycles. The predicted molar refractivity (Wildman–Crippen MR) is 78.7 cm³/mol. The Balaban J connectivity index is 2.02.